The number of nitrogens with two attached hydrogens (primary N) is 1. The molecule has 0 unspecified atom stereocenters. The van der Waals surface area contributed by atoms with E-state index in [4.69, 9.17) is 25.1 Å². The Hall–Kier alpha value is -3.92. The molecule has 0 bridgehead atoms. The lowest BCUT2D eigenvalue weighted by atomic mass is 10.1. The van der Waals surface area contributed by atoms with Crippen molar-refractivity contribution in [2.75, 3.05) is 20.3 Å². The Kier molecular flexibility index (Phi) is 8.72. The summed E-state index contributed by atoms with van der Waals surface area (Å²) in [7, 11) is 1.48. The Morgan fingerprint density at radius 1 is 1.16 bits per heavy atom. The third-order valence-electron chi connectivity index (χ3n) is 4.13. The molecule has 5 N–H and O–H groups in total. The number of nitrogens with one attached hydrogen (secondary N) is 2. The molecule has 10 heteroatoms. The molecule has 0 radical (unpaired) electrons. The number of halogens is 1. The predicted octanol–water partition coefficient (Wildman–Crippen LogP) is 2.03. The molecule has 3 aromatic rings. The van der Waals surface area contributed by atoms with Gasteiger partial charge in [0.1, 0.15) is 12.4 Å². The molecule has 0 fully saturated rings. The standard InChI is InChI=1S/C20H20FN3O4.C2H4O2/c1-27-18-9-13(3-5-17(18)28-7-6-22)19(25)23-11-14-8-12-2-4-15(21)10-16(12)24-20(14)26;1-2(3)4/h2-5,8-10H,6-7,11,22H2,1H3,(H,23,25)(H,24,26);1H3,(H,3,4). The smallest absolute Gasteiger partial charge is 0.300 e. The molecule has 0 saturated carbocycles. The number of aromatic nitrogens is 1. The summed E-state index contributed by atoms with van der Waals surface area (Å²) in [6.45, 7) is 1.80. The Balaban J connectivity index is 0.000000837. The topological polar surface area (TPSA) is 144 Å². The van der Waals surface area contributed by atoms with E-state index in [1.165, 1.54) is 19.2 Å². The van der Waals surface area contributed by atoms with Crippen LogP contribution in [0.3, 0.4) is 0 Å². The van der Waals surface area contributed by atoms with E-state index in [9.17, 15) is 14.0 Å². The highest BCUT2D eigenvalue weighted by Crippen LogP contribution is 2.28. The summed E-state index contributed by atoms with van der Waals surface area (Å²) in [6, 6.07) is 10.5. The van der Waals surface area contributed by atoms with Crippen molar-refractivity contribution in [1.29, 1.82) is 0 Å². The van der Waals surface area contributed by atoms with Crippen LogP contribution >= 0.6 is 0 Å². The minimum Gasteiger partial charge on any atom is -0.493 e. The van der Waals surface area contributed by atoms with E-state index in [2.05, 4.69) is 10.3 Å². The van der Waals surface area contributed by atoms with E-state index in [0.29, 0.717) is 46.7 Å². The highest BCUT2D eigenvalue weighted by atomic mass is 19.1. The van der Waals surface area contributed by atoms with Crippen molar-refractivity contribution in [1.82, 2.24) is 10.3 Å². The van der Waals surface area contributed by atoms with E-state index < -0.39 is 11.8 Å². The Morgan fingerprint density at radius 2 is 1.88 bits per heavy atom. The Bertz CT molecular complexity index is 1160. The number of aliphatic carboxylic acids is 1. The molecule has 2 aromatic carbocycles. The maximum absolute atomic E-state index is 13.3. The second kappa shape index (κ2) is 11.5. The van der Waals surface area contributed by atoms with Crippen LogP contribution < -0.4 is 26.1 Å². The lowest BCUT2D eigenvalue weighted by Gasteiger charge is -2.12. The lowest BCUT2D eigenvalue weighted by molar-refractivity contribution is -0.134. The number of carboxylic acids is 1. The zero-order valence-corrected chi connectivity index (χ0v) is 17.6. The number of aromatic amines is 1. The molecular formula is C22H24FN3O6. The van der Waals surface area contributed by atoms with Crippen LogP contribution in [0.25, 0.3) is 10.9 Å². The minimum atomic E-state index is -0.833. The van der Waals surface area contributed by atoms with Gasteiger partial charge in [0.15, 0.2) is 11.5 Å². The van der Waals surface area contributed by atoms with E-state index in [-0.39, 0.29) is 18.0 Å². The summed E-state index contributed by atoms with van der Waals surface area (Å²) in [4.78, 5) is 36.2. The van der Waals surface area contributed by atoms with Gasteiger partial charge in [0.05, 0.1) is 12.6 Å². The largest absolute Gasteiger partial charge is 0.493 e. The first-order valence-corrected chi connectivity index (χ1v) is 9.55. The third kappa shape index (κ3) is 6.81. The van der Waals surface area contributed by atoms with Gasteiger partial charge >= 0.3 is 0 Å². The number of methoxy groups -OCH3 is 1. The fourth-order valence-corrected chi connectivity index (χ4v) is 2.72. The SMILES string of the molecule is CC(=O)O.COc1cc(C(=O)NCc2cc3ccc(F)cc3[nH]c2=O)ccc1OCCN. The van der Waals surface area contributed by atoms with Crippen LogP contribution in [0.15, 0.2) is 47.3 Å². The quantitative estimate of drug-likeness (QED) is 0.436. The van der Waals surface area contributed by atoms with Crippen LogP contribution in [-0.4, -0.2) is 42.2 Å². The van der Waals surface area contributed by atoms with Crippen molar-refractivity contribution in [3.05, 3.63) is 69.8 Å². The molecule has 32 heavy (non-hydrogen) atoms. The van der Waals surface area contributed by atoms with Gasteiger partial charge in [0, 0.05) is 31.1 Å². The first-order valence-electron chi connectivity index (χ1n) is 9.55. The molecule has 1 amide bonds. The number of fused-ring (bicyclic) bond motifs is 1. The number of ether oxygens (including phenoxy) is 2. The number of rotatable bonds is 7. The van der Waals surface area contributed by atoms with Crippen LogP contribution in [0.4, 0.5) is 4.39 Å². The van der Waals surface area contributed by atoms with Gasteiger partial charge in [0.25, 0.3) is 17.4 Å². The van der Waals surface area contributed by atoms with Crippen LogP contribution in [-0.2, 0) is 11.3 Å². The molecule has 0 spiro atoms. The monoisotopic (exact) mass is 445 g/mol. The number of carboxylic acid groups (broad SMARTS) is 1. The van der Waals surface area contributed by atoms with E-state index in [0.717, 1.165) is 6.92 Å². The van der Waals surface area contributed by atoms with E-state index in [1.807, 2.05) is 0 Å². The summed E-state index contributed by atoms with van der Waals surface area (Å²) < 4.78 is 24.0. The van der Waals surface area contributed by atoms with E-state index >= 15 is 0 Å². The predicted molar refractivity (Wildman–Crippen MR) is 117 cm³/mol. The third-order valence-corrected chi connectivity index (χ3v) is 4.13. The molecule has 170 valence electrons. The summed E-state index contributed by atoms with van der Waals surface area (Å²) in [5.74, 6) is -0.742. The Labute approximate surface area is 183 Å². The molecule has 3 rings (SSSR count). The lowest BCUT2D eigenvalue weighted by Crippen LogP contribution is -2.26. The first kappa shape index (κ1) is 24.4. The van der Waals surface area contributed by atoms with Gasteiger partial charge in [-0.15, -0.1) is 0 Å². The molecule has 0 atom stereocenters. The van der Waals surface area contributed by atoms with Crippen LogP contribution in [0.5, 0.6) is 11.5 Å². The van der Waals surface area contributed by atoms with Gasteiger partial charge in [-0.3, -0.25) is 14.4 Å². The second-order valence-electron chi connectivity index (χ2n) is 6.56. The summed E-state index contributed by atoms with van der Waals surface area (Å²) in [5.41, 5.74) is 6.15. The first-order chi connectivity index (χ1) is 15.2. The minimum absolute atomic E-state index is 0.0230. The molecule has 1 heterocycles. The summed E-state index contributed by atoms with van der Waals surface area (Å²) in [6.07, 6.45) is 0. The van der Waals surface area contributed by atoms with Gasteiger partial charge in [-0.25, -0.2) is 4.39 Å². The number of carbonyl (C=O) groups excluding carboxylic acids is 1. The van der Waals surface area contributed by atoms with Crippen molar-refractivity contribution in [2.24, 2.45) is 5.73 Å². The fraction of sp³-hybridized carbons (Fsp3) is 0.227. The van der Waals surface area contributed by atoms with Gasteiger partial charge in [-0.2, -0.15) is 0 Å². The number of H-pyrrole nitrogens is 1. The van der Waals surface area contributed by atoms with Crippen LogP contribution in [0, 0.1) is 5.82 Å². The molecule has 0 aliphatic rings. The van der Waals surface area contributed by atoms with Crippen molar-refractivity contribution in [3.63, 3.8) is 0 Å². The highest BCUT2D eigenvalue weighted by molar-refractivity contribution is 5.94. The number of carbonyl (C=O) groups is 2. The van der Waals surface area contributed by atoms with Crippen molar-refractivity contribution in [2.45, 2.75) is 13.5 Å². The van der Waals surface area contributed by atoms with Crippen LogP contribution in [0.2, 0.25) is 0 Å². The average molecular weight is 445 g/mol. The van der Waals surface area contributed by atoms with Crippen molar-refractivity contribution < 1.29 is 28.6 Å². The highest BCUT2D eigenvalue weighted by Gasteiger charge is 2.12. The van der Waals surface area contributed by atoms with Gasteiger partial charge in [-0.1, -0.05) is 0 Å². The zero-order valence-electron chi connectivity index (χ0n) is 17.6. The van der Waals surface area contributed by atoms with E-state index in [1.54, 1.807) is 30.3 Å². The van der Waals surface area contributed by atoms with Crippen molar-refractivity contribution >= 4 is 22.8 Å². The molecule has 0 saturated heterocycles. The molecule has 0 aliphatic carbocycles. The fourth-order valence-electron chi connectivity index (χ4n) is 2.72. The molecule has 9 nitrogen and oxygen atoms in total. The maximum Gasteiger partial charge on any atom is 0.300 e. The van der Waals surface area contributed by atoms with Crippen LogP contribution in [0.1, 0.15) is 22.8 Å². The molecule has 1 aromatic heterocycles. The maximum atomic E-state index is 13.3. The number of amides is 1. The molecule has 0 aliphatic heterocycles. The number of pyridine rings is 1. The second-order valence-corrected chi connectivity index (χ2v) is 6.56. The normalized spacial score (nSPS) is 10.1. The zero-order chi connectivity index (χ0) is 23.7. The molecular weight excluding hydrogens is 421 g/mol. The number of hydrogen-bond donors (Lipinski definition) is 4. The number of hydrogen-bond acceptors (Lipinski definition) is 6. The van der Waals surface area contributed by atoms with Gasteiger partial charge in [0.2, 0.25) is 0 Å². The number of benzene rings is 2. The van der Waals surface area contributed by atoms with Gasteiger partial charge in [-0.05, 0) is 47.9 Å². The van der Waals surface area contributed by atoms with Crippen molar-refractivity contribution in [3.8, 4) is 11.5 Å². The average Bonchev–Trinajstić information content (AvgIpc) is 2.75. The summed E-state index contributed by atoms with van der Waals surface area (Å²) in [5, 5.41) is 10.8. The summed E-state index contributed by atoms with van der Waals surface area (Å²) >= 11 is 0. The Morgan fingerprint density at radius 3 is 2.53 bits per heavy atom. The van der Waals surface area contributed by atoms with Gasteiger partial charge < -0.3 is 30.6 Å².